The van der Waals surface area contributed by atoms with Crippen LogP contribution in [0.25, 0.3) is 0 Å². The zero-order chi connectivity index (χ0) is 2.71. The molecule has 0 unspecified atom stereocenters. The summed E-state index contributed by atoms with van der Waals surface area (Å²) in [5.74, 6) is 0. The van der Waals surface area contributed by atoms with Gasteiger partial charge in [-0.1, -0.05) is 0 Å². The average molecular weight is 106 g/mol. The van der Waals surface area contributed by atoms with E-state index in [1.807, 2.05) is 0 Å². The van der Waals surface area contributed by atoms with Crippen molar-refractivity contribution in [1.82, 2.24) is 0 Å². The van der Waals surface area contributed by atoms with Crippen molar-refractivity contribution in [2.45, 2.75) is 0 Å². The predicted octanol–water partition coefficient (Wildman–Crippen LogP) is -0.576. The Hall–Kier alpha value is -0.191. The van der Waals surface area contributed by atoms with Crippen molar-refractivity contribution in [3.63, 3.8) is 0 Å². The summed E-state index contributed by atoms with van der Waals surface area (Å²) >= 11 is 0. The van der Waals surface area contributed by atoms with Gasteiger partial charge in [0.2, 0.25) is 0 Å². The van der Waals surface area contributed by atoms with E-state index in [1.54, 1.807) is 0 Å². The summed E-state index contributed by atoms with van der Waals surface area (Å²) in [4.78, 5) is 0. The summed E-state index contributed by atoms with van der Waals surface area (Å²) in [7, 11) is 0. The zero-order valence-corrected chi connectivity index (χ0v) is 2.77. The van der Waals surface area contributed by atoms with Crippen LogP contribution < -0.4 is 5.73 Å². The minimum atomic E-state index is 0. The van der Waals surface area contributed by atoms with Crippen LogP contribution in [0.1, 0.15) is 0 Å². The summed E-state index contributed by atoms with van der Waals surface area (Å²) in [6, 6.07) is 0. The number of nitrogens with zero attached hydrogens (tertiary/aromatic N) is 1. The number of hydrogen-bond donors (Lipinski definition) is 1. The van der Waals surface area contributed by atoms with Gasteiger partial charge in [-0.15, -0.1) is 0 Å². The second-order valence-corrected chi connectivity index (χ2v) is 0.129. The Morgan fingerprint density at radius 2 is 1.75 bits per heavy atom. The smallest absolute Gasteiger partial charge is 0.173 e. The first-order valence-corrected chi connectivity index (χ1v) is 0.512. The molecule has 4 heavy (non-hydrogen) atoms. The molecule has 0 aliphatic heterocycles. The Morgan fingerprint density at radius 1 is 1.75 bits per heavy atom. The van der Waals surface area contributed by atoms with Crippen LogP contribution in [0.3, 0.4) is 0 Å². The molecule has 2 N–H and O–H groups in total. The molecule has 0 saturated carbocycles. The number of nitriles is 1. The quantitative estimate of drug-likeness (QED) is 0.255. The number of nitrogens with two attached hydrogens (primary N) is 1. The van der Waals surface area contributed by atoms with Crippen LogP contribution >= 0.6 is 0 Å². The SMILES string of the molecule is N#CN.[Cu]. The van der Waals surface area contributed by atoms with Gasteiger partial charge in [0, 0.05) is 17.1 Å². The normalized spacial score (nSPS) is 1.75. The van der Waals surface area contributed by atoms with Crippen LogP contribution in [-0.4, -0.2) is 0 Å². The molecule has 0 bridgehead atoms. The molecule has 3 heteroatoms. The van der Waals surface area contributed by atoms with Crippen molar-refractivity contribution >= 4 is 0 Å². The molecule has 0 atom stereocenters. The van der Waals surface area contributed by atoms with Crippen molar-refractivity contribution in [2.24, 2.45) is 5.73 Å². The molecule has 2 nitrogen and oxygen atoms in total. The molecule has 0 aliphatic carbocycles. The third-order valence-corrected chi connectivity index (χ3v) is 0. The molecule has 27 valence electrons. The summed E-state index contributed by atoms with van der Waals surface area (Å²) in [5.41, 5.74) is 4.15. The van der Waals surface area contributed by atoms with Gasteiger partial charge in [0.05, 0.1) is 0 Å². The van der Waals surface area contributed by atoms with Crippen molar-refractivity contribution in [2.75, 3.05) is 0 Å². The molecule has 0 heterocycles. The maximum Gasteiger partial charge on any atom is 0.173 e. The van der Waals surface area contributed by atoms with Crippen LogP contribution in [0.2, 0.25) is 0 Å². The van der Waals surface area contributed by atoms with Crippen molar-refractivity contribution in [1.29, 1.82) is 5.26 Å². The molecule has 0 aromatic rings. The van der Waals surface area contributed by atoms with E-state index in [-0.39, 0.29) is 17.1 Å². The first-order valence-electron chi connectivity index (χ1n) is 0.512. The van der Waals surface area contributed by atoms with Gasteiger partial charge in [0.1, 0.15) is 0 Å². The van der Waals surface area contributed by atoms with E-state index >= 15 is 0 Å². The van der Waals surface area contributed by atoms with Gasteiger partial charge < -0.3 is 5.73 Å². The maximum atomic E-state index is 7.10. The van der Waals surface area contributed by atoms with Crippen LogP contribution in [-0.2, 0) is 17.1 Å². The van der Waals surface area contributed by atoms with Gasteiger partial charge in [-0.2, -0.15) is 5.26 Å². The van der Waals surface area contributed by atoms with E-state index in [1.165, 1.54) is 6.19 Å². The number of rotatable bonds is 0. The predicted molar refractivity (Wildman–Crippen MR) is 9.80 cm³/mol. The largest absolute Gasteiger partial charge is 0.337 e. The topological polar surface area (TPSA) is 49.8 Å². The molecule has 0 fully saturated rings. The third kappa shape index (κ3) is 32.7. The number of hydrogen-bond acceptors (Lipinski definition) is 2. The second-order valence-electron chi connectivity index (χ2n) is 0.129. The van der Waals surface area contributed by atoms with Gasteiger partial charge >= 0.3 is 0 Å². The van der Waals surface area contributed by atoms with Gasteiger partial charge in [-0.05, 0) is 0 Å². The molecule has 0 spiro atoms. The van der Waals surface area contributed by atoms with E-state index in [0.717, 1.165) is 0 Å². The molecule has 1 radical (unpaired) electrons. The zero-order valence-electron chi connectivity index (χ0n) is 1.83. The first-order chi connectivity index (χ1) is 1.41. The first kappa shape index (κ1) is 9.18. The Bertz CT molecular complexity index is 27.5. The standard InChI is InChI=1S/CH2N2.Cu/c2-1-3;/h2H2;. The monoisotopic (exact) mass is 105 g/mol. The minimum Gasteiger partial charge on any atom is -0.337 e. The van der Waals surface area contributed by atoms with E-state index < -0.39 is 0 Å². The molecule has 0 aliphatic rings. The Morgan fingerprint density at radius 3 is 1.75 bits per heavy atom. The van der Waals surface area contributed by atoms with Gasteiger partial charge in [0.15, 0.2) is 6.19 Å². The molecule has 0 aromatic heterocycles. The van der Waals surface area contributed by atoms with Gasteiger partial charge in [-0.3, -0.25) is 0 Å². The maximum absolute atomic E-state index is 7.10. The molecule has 0 amide bonds. The van der Waals surface area contributed by atoms with Crippen LogP contribution in [0.4, 0.5) is 0 Å². The molecule has 0 rings (SSSR count). The van der Waals surface area contributed by atoms with E-state index in [0.29, 0.717) is 0 Å². The third-order valence-electron chi connectivity index (χ3n) is 0. The summed E-state index contributed by atoms with van der Waals surface area (Å²) in [6.45, 7) is 0. The van der Waals surface area contributed by atoms with E-state index in [4.69, 9.17) is 5.26 Å². The molecular weight excluding hydrogens is 104 g/mol. The van der Waals surface area contributed by atoms with Crippen molar-refractivity contribution < 1.29 is 17.1 Å². The van der Waals surface area contributed by atoms with Crippen molar-refractivity contribution in [3.8, 4) is 6.19 Å². The van der Waals surface area contributed by atoms with Gasteiger partial charge in [0.25, 0.3) is 0 Å². The summed E-state index contributed by atoms with van der Waals surface area (Å²) in [6.07, 6.45) is 1.25. The summed E-state index contributed by atoms with van der Waals surface area (Å²) < 4.78 is 0. The Kier molecular flexibility index (Phi) is 32.2. The van der Waals surface area contributed by atoms with Crippen LogP contribution in [0, 0.1) is 11.5 Å². The van der Waals surface area contributed by atoms with Crippen molar-refractivity contribution in [3.05, 3.63) is 0 Å². The van der Waals surface area contributed by atoms with Crippen LogP contribution in [0.15, 0.2) is 0 Å². The average Bonchev–Trinajstić information content (AvgIpc) is 0.918. The molecule has 0 aromatic carbocycles. The minimum absolute atomic E-state index is 0. The fraction of sp³-hybridized carbons (Fsp3) is 0. The van der Waals surface area contributed by atoms with Gasteiger partial charge in [-0.25, -0.2) is 0 Å². The summed E-state index contributed by atoms with van der Waals surface area (Å²) in [5, 5.41) is 7.10. The van der Waals surface area contributed by atoms with Crippen LogP contribution in [0.5, 0.6) is 0 Å². The fourth-order valence-electron chi connectivity index (χ4n) is 0. The fourth-order valence-corrected chi connectivity index (χ4v) is 0. The van der Waals surface area contributed by atoms with E-state index in [2.05, 4.69) is 5.73 Å². The Balaban J connectivity index is 0. The molecular formula is CH2CuN2. The molecule has 0 saturated heterocycles. The Labute approximate surface area is 35.1 Å². The second kappa shape index (κ2) is 14.0. The van der Waals surface area contributed by atoms with E-state index in [9.17, 15) is 0 Å².